The Morgan fingerprint density at radius 2 is 1.65 bits per heavy atom. The quantitative estimate of drug-likeness (QED) is 0.722. The first kappa shape index (κ1) is 17.4. The lowest BCUT2D eigenvalue weighted by Crippen LogP contribution is -2.33. The van der Waals surface area contributed by atoms with Crippen molar-refractivity contribution < 1.29 is 14.3 Å². The van der Waals surface area contributed by atoms with Crippen molar-refractivity contribution in [3.8, 4) is 0 Å². The number of rotatable bonds is 6. The predicted octanol–water partition coefficient (Wildman–Crippen LogP) is 4.54. The van der Waals surface area contributed by atoms with Crippen LogP contribution in [0.3, 0.4) is 0 Å². The second kappa shape index (κ2) is 8.62. The first-order chi connectivity index (χ1) is 12.8. The fraction of sp³-hybridized carbons (Fsp3) is 0.0909. The van der Waals surface area contributed by atoms with Crippen LogP contribution in [0.5, 0.6) is 0 Å². The average molecular weight is 345 g/mol. The molecular weight excluding hydrogens is 326 g/mol. The van der Waals surface area contributed by atoms with Crippen molar-refractivity contribution in [3.05, 3.63) is 95.6 Å². The van der Waals surface area contributed by atoms with E-state index in [9.17, 15) is 9.59 Å². The Hall–Kier alpha value is -3.40. The Balaban J connectivity index is 1.82. The number of para-hydroxylation sites is 1. The maximum Gasteiger partial charge on any atom is 0.415 e. The van der Waals surface area contributed by atoms with Gasteiger partial charge in [-0.2, -0.15) is 0 Å². The highest BCUT2D eigenvalue weighted by Crippen LogP contribution is 2.25. The Bertz CT molecular complexity index is 852. The molecule has 0 aliphatic heterocycles. The highest BCUT2D eigenvalue weighted by molar-refractivity contribution is 5.93. The molecule has 1 amide bonds. The summed E-state index contributed by atoms with van der Waals surface area (Å²) in [4.78, 5) is 25.1. The molecule has 26 heavy (non-hydrogen) atoms. The van der Waals surface area contributed by atoms with Crippen LogP contribution in [0.2, 0.25) is 0 Å². The number of anilines is 1. The lowest BCUT2D eigenvalue weighted by Gasteiger charge is -2.22. The van der Waals surface area contributed by atoms with E-state index >= 15 is 0 Å². The van der Waals surface area contributed by atoms with Crippen molar-refractivity contribution in [2.24, 2.45) is 0 Å². The first-order valence-corrected chi connectivity index (χ1v) is 8.35. The third-order valence-electron chi connectivity index (χ3n) is 3.92. The summed E-state index contributed by atoms with van der Waals surface area (Å²) in [7, 11) is 0. The molecule has 0 heterocycles. The van der Waals surface area contributed by atoms with Gasteiger partial charge in [0.15, 0.2) is 0 Å². The number of benzene rings is 2. The van der Waals surface area contributed by atoms with Crippen LogP contribution in [0.25, 0.3) is 6.08 Å². The summed E-state index contributed by atoms with van der Waals surface area (Å²) < 4.78 is 5.40. The first-order valence-electron chi connectivity index (χ1n) is 8.35. The van der Waals surface area contributed by atoms with Gasteiger partial charge in [0.2, 0.25) is 0 Å². The van der Waals surface area contributed by atoms with Crippen LogP contribution in [0, 0.1) is 0 Å². The van der Waals surface area contributed by atoms with Crippen molar-refractivity contribution in [1.29, 1.82) is 0 Å². The van der Waals surface area contributed by atoms with E-state index in [4.69, 9.17) is 4.74 Å². The van der Waals surface area contributed by atoms with Gasteiger partial charge in [0.05, 0.1) is 12.2 Å². The monoisotopic (exact) mass is 345 g/mol. The molecule has 0 saturated carbocycles. The molecule has 0 radical (unpaired) electrons. The van der Waals surface area contributed by atoms with Crippen LogP contribution >= 0.6 is 0 Å². The number of allylic oxidation sites excluding steroid dienone is 5. The second-order valence-corrected chi connectivity index (χ2v) is 5.74. The van der Waals surface area contributed by atoms with Gasteiger partial charge in [-0.25, -0.2) is 4.79 Å². The molecule has 3 rings (SSSR count). The van der Waals surface area contributed by atoms with Crippen LogP contribution in [0.4, 0.5) is 10.5 Å². The molecule has 2 aromatic rings. The van der Waals surface area contributed by atoms with Gasteiger partial charge >= 0.3 is 6.09 Å². The molecule has 1 aliphatic carbocycles. The van der Waals surface area contributed by atoms with E-state index in [1.165, 1.54) is 4.90 Å². The number of hydrogen-bond donors (Lipinski definition) is 0. The molecule has 0 bridgehead atoms. The van der Waals surface area contributed by atoms with Crippen LogP contribution in [0.1, 0.15) is 11.1 Å². The summed E-state index contributed by atoms with van der Waals surface area (Å²) in [6.07, 6.45) is 9.98. The number of ether oxygens (including phenoxy) is 1. The van der Waals surface area contributed by atoms with E-state index < -0.39 is 6.09 Å². The van der Waals surface area contributed by atoms with Crippen molar-refractivity contribution in [3.63, 3.8) is 0 Å². The summed E-state index contributed by atoms with van der Waals surface area (Å²) in [6.45, 7) is 0.0866. The van der Waals surface area contributed by atoms with Gasteiger partial charge in [0.25, 0.3) is 0 Å². The number of aldehydes is 1. The summed E-state index contributed by atoms with van der Waals surface area (Å²) in [6, 6.07) is 16.9. The van der Waals surface area contributed by atoms with Crippen molar-refractivity contribution in [1.82, 2.24) is 0 Å². The van der Waals surface area contributed by atoms with Crippen LogP contribution in [0.15, 0.2) is 84.5 Å². The summed E-state index contributed by atoms with van der Waals surface area (Å²) in [5.41, 5.74) is 3.40. The van der Waals surface area contributed by atoms with E-state index in [2.05, 4.69) is 0 Å². The number of hydrogen-bond acceptors (Lipinski definition) is 3. The average Bonchev–Trinajstić information content (AvgIpc) is 3.19. The molecule has 2 aromatic carbocycles. The van der Waals surface area contributed by atoms with Crippen molar-refractivity contribution >= 4 is 24.1 Å². The molecule has 0 N–H and O–H groups in total. The normalized spacial score (nSPS) is 12.1. The standard InChI is InChI=1S/C22H19NO3/c24-15-14-23(22(25)26-17-19-10-2-1-3-11-19)21-13-7-6-12-20(21)16-18-8-4-5-9-18/h1-13,15-16H,14,17H2. The lowest BCUT2D eigenvalue weighted by molar-refractivity contribution is -0.106. The minimum atomic E-state index is -0.552. The third-order valence-corrected chi connectivity index (χ3v) is 3.92. The van der Waals surface area contributed by atoms with Crippen molar-refractivity contribution in [2.45, 2.75) is 6.61 Å². The molecule has 0 unspecified atom stereocenters. The maximum absolute atomic E-state index is 12.6. The number of carbonyl (C=O) groups excluding carboxylic acids is 2. The van der Waals surface area contributed by atoms with Crippen LogP contribution in [-0.2, 0) is 16.1 Å². The minimum Gasteiger partial charge on any atom is -0.444 e. The SMILES string of the molecule is O=CCN(C(=O)OCc1ccccc1)c1ccccc1C=C1C=CC=C1. The zero-order valence-electron chi connectivity index (χ0n) is 14.2. The smallest absolute Gasteiger partial charge is 0.415 e. The minimum absolute atomic E-state index is 0.0700. The van der Waals surface area contributed by atoms with Crippen molar-refractivity contribution in [2.75, 3.05) is 11.4 Å². The van der Waals surface area contributed by atoms with Crippen LogP contribution in [-0.4, -0.2) is 18.9 Å². The van der Waals surface area contributed by atoms with Gasteiger partial charge in [0.1, 0.15) is 12.9 Å². The van der Waals surface area contributed by atoms with Gasteiger partial charge in [-0.05, 0) is 28.8 Å². The number of nitrogens with zero attached hydrogens (tertiary/aromatic N) is 1. The molecule has 4 heteroatoms. The van der Waals surface area contributed by atoms with E-state index in [-0.39, 0.29) is 13.2 Å². The zero-order valence-corrected chi connectivity index (χ0v) is 14.2. The molecule has 0 atom stereocenters. The molecule has 130 valence electrons. The van der Waals surface area contributed by atoms with E-state index in [0.717, 1.165) is 16.7 Å². The summed E-state index contributed by atoms with van der Waals surface area (Å²) >= 11 is 0. The lowest BCUT2D eigenvalue weighted by atomic mass is 10.1. The Labute approximate surface area is 152 Å². The highest BCUT2D eigenvalue weighted by atomic mass is 16.6. The number of carbonyl (C=O) groups is 2. The van der Waals surface area contributed by atoms with E-state index in [0.29, 0.717) is 12.0 Å². The zero-order chi connectivity index (χ0) is 18.2. The fourth-order valence-electron chi connectivity index (χ4n) is 2.66. The Kier molecular flexibility index (Phi) is 5.78. The van der Waals surface area contributed by atoms with Gasteiger partial charge in [-0.3, -0.25) is 4.90 Å². The molecule has 0 fully saturated rings. The predicted molar refractivity (Wildman–Crippen MR) is 103 cm³/mol. The van der Waals surface area contributed by atoms with Gasteiger partial charge in [-0.1, -0.05) is 72.8 Å². The second-order valence-electron chi connectivity index (χ2n) is 5.74. The molecular formula is C22H19NO3. The molecule has 4 nitrogen and oxygen atoms in total. The molecule has 0 aromatic heterocycles. The van der Waals surface area contributed by atoms with Gasteiger partial charge < -0.3 is 9.53 Å². The summed E-state index contributed by atoms with van der Waals surface area (Å²) in [5.74, 6) is 0. The summed E-state index contributed by atoms with van der Waals surface area (Å²) in [5, 5.41) is 0. The third kappa shape index (κ3) is 4.36. The van der Waals surface area contributed by atoms with Crippen LogP contribution < -0.4 is 4.90 Å². The largest absolute Gasteiger partial charge is 0.444 e. The maximum atomic E-state index is 12.6. The topological polar surface area (TPSA) is 46.6 Å². The Morgan fingerprint density at radius 1 is 0.962 bits per heavy atom. The molecule has 0 saturated heterocycles. The molecule has 0 spiro atoms. The fourth-order valence-corrected chi connectivity index (χ4v) is 2.66. The Morgan fingerprint density at radius 3 is 2.38 bits per heavy atom. The van der Waals surface area contributed by atoms with Gasteiger partial charge in [0, 0.05) is 0 Å². The van der Waals surface area contributed by atoms with E-state index in [1.54, 1.807) is 0 Å². The van der Waals surface area contributed by atoms with Gasteiger partial charge in [-0.15, -0.1) is 0 Å². The number of amides is 1. The van der Waals surface area contributed by atoms with E-state index in [1.807, 2.05) is 85.0 Å². The highest BCUT2D eigenvalue weighted by Gasteiger charge is 2.19. The molecule has 1 aliphatic rings.